The summed E-state index contributed by atoms with van der Waals surface area (Å²) in [5, 5.41) is 6.93. The molecule has 0 radical (unpaired) electrons. The maximum atomic E-state index is 5.80. The topological polar surface area (TPSA) is 83.7 Å². The third kappa shape index (κ3) is 1.90. The van der Waals surface area contributed by atoms with E-state index in [1.54, 1.807) is 6.20 Å². The van der Waals surface area contributed by atoms with Crippen molar-refractivity contribution in [2.45, 2.75) is 19.8 Å². The Morgan fingerprint density at radius 2 is 2.06 bits per heavy atom. The summed E-state index contributed by atoms with van der Waals surface area (Å²) >= 11 is 0. The number of hydrogen-bond acceptors (Lipinski definition) is 5. The highest BCUT2D eigenvalue weighted by atomic mass is 15.2. The molecule has 94 valence electrons. The molecule has 0 aliphatic carbocycles. The molecule has 0 atom stereocenters. The molecule has 0 amide bonds. The molecule has 3 N–H and O–H groups in total. The molecule has 0 unspecified atom stereocenters. The van der Waals surface area contributed by atoms with E-state index in [2.05, 4.69) is 25.1 Å². The summed E-state index contributed by atoms with van der Waals surface area (Å²) in [6, 6.07) is 1.99. The quantitative estimate of drug-likeness (QED) is 0.833. The van der Waals surface area contributed by atoms with Crippen LogP contribution in [0.15, 0.2) is 12.3 Å². The van der Waals surface area contributed by atoms with Crippen LogP contribution in [0.4, 0.5) is 11.8 Å². The fourth-order valence-corrected chi connectivity index (χ4v) is 2.31. The van der Waals surface area contributed by atoms with Gasteiger partial charge in [0.25, 0.3) is 0 Å². The predicted octanol–water partition coefficient (Wildman–Crippen LogP) is 1.36. The number of aryl methyl sites for hydroxylation is 1. The van der Waals surface area contributed by atoms with Crippen LogP contribution in [0.2, 0.25) is 0 Å². The summed E-state index contributed by atoms with van der Waals surface area (Å²) in [6.07, 6.45) is 4.19. The standard InChI is InChI=1S/C12H16N6/c1-8-9(7-14-17-8)10-6-11(16-12(13)15-10)18-4-2-3-5-18/h6-7H,2-5H2,1H3,(H,14,17)(H2,13,15,16). The minimum atomic E-state index is 0.315. The number of aromatic amines is 1. The second kappa shape index (κ2) is 4.29. The molecular formula is C12H16N6. The molecule has 6 nitrogen and oxygen atoms in total. The highest BCUT2D eigenvalue weighted by molar-refractivity contribution is 5.65. The van der Waals surface area contributed by atoms with E-state index in [4.69, 9.17) is 5.73 Å². The van der Waals surface area contributed by atoms with Crippen molar-refractivity contribution in [2.75, 3.05) is 23.7 Å². The van der Waals surface area contributed by atoms with Crippen LogP contribution in [0, 0.1) is 6.92 Å². The molecule has 0 spiro atoms. The number of hydrogen-bond donors (Lipinski definition) is 2. The number of anilines is 2. The normalized spacial score (nSPS) is 15.3. The van der Waals surface area contributed by atoms with Gasteiger partial charge in [0.05, 0.1) is 11.9 Å². The first-order chi connectivity index (χ1) is 8.74. The minimum Gasteiger partial charge on any atom is -0.368 e. The molecule has 0 bridgehead atoms. The zero-order chi connectivity index (χ0) is 12.5. The highest BCUT2D eigenvalue weighted by Gasteiger charge is 2.16. The lowest BCUT2D eigenvalue weighted by atomic mass is 10.2. The van der Waals surface area contributed by atoms with Gasteiger partial charge in [-0.05, 0) is 19.8 Å². The predicted molar refractivity (Wildman–Crippen MR) is 70.2 cm³/mol. The Morgan fingerprint density at radius 3 is 2.72 bits per heavy atom. The van der Waals surface area contributed by atoms with Gasteiger partial charge in [-0.25, -0.2) is 4.98 Å². The second-order valence-corrected chi connectivity index (χ2v) is 4.57. The molecule has 0 aromatic carbocycles. The second-order valence-electron chi connectivity index (χ2n) is 4.57. The lowest BCUT2D eigenvalue weighted by Crippen LogP contribution is -2.19. The summed E-state index contributed by atoms with van der Waals surface area (Å²) in [6.45, 7) is 4.05. The third-order valence-corrected chi connectivity index (χ3v) is 3.27. The van der Waals surface area contributed by atoms with Gasteiger partial charge in [-0.3, -0.25) is 5.10 Å². The lowest BCUT2D eigenvalue weighted by Gasteiger charge is -2.17. The van der Waals surface area contributed by atoms with Crippen LogP contribution in [0.3, 0.4) is 0 Å². The van der Waals surface area contributed by atoms with Crippen molar-refractivity contribution >= 4 is 11.8 Å². The Balaban J connectivity index is 2.03. The number of rotatable bonds is 2. The summed E-state index contributed by atoms with van der Waals surface area (Å²) in [5.41, 5.74) is 8.60. The number of aromatic nitrogens is 4. The van der Waals surface area contributed by atoms with Crippen LogP contribution in [0.5, 0.6) is 0 Å². The van der Waals surface area contributed by atoms with E-state index >= 15 is 0 Å². The van der Waals surface area contributed by atoms with Crippen molar-refractivity contribution in [1.29, 1.82) is 0 Å². The van der Waals surface area contributed by atoms with E-state index < -0.39 is 0 Å². The zero-order valence-corrected chi connectivity index (χ0v) is 10.3. The Hall–Kier alpha value is -2.11. The molecule has 6 heteroatoms. The number of nitrogens with one attached hydrogen (secondary N) is 1. The van der Waals surface area contributed by atoms with E-state index in [0.29, 0.717) is 5.95 Å². The van der Waals surface area contributed by atoms with Gasteiger partial charge in [-0.1, -0.05) is 0 Å². The molecule has 2 aromatic heterocycles. The van der Waals surface area contributed by atoms with Gasteiger partial charge in [0.15, 0.2) is 0 Å². The number of H-pyrrole nitrogens is 1. The number of nitrogens with zero attached hydrogens (tertiary/aromatic N) is 4. The van der Waals surface area contributed by atoms with Crippen LogP contribution in [-0.4, -0.2) is 33.3 Å². The van der Waals surface area contributed by atoms with Gasteiger partial charge in [0, 0.05) is 30.4 Å². The molecule has 0 saturated carbocycles. The molecule has 1 aliphatic rings. The number of nitrogen functional groups attached to an aromatic ring is 1. The largest absolute Gasteiger partial charge is 0.368 e. The summed E-state index contributed by atoms with van der Waals surface area (Å²) < 4.78 is 0. The first-order valence-corrected chi connectivity index (χ1v) is 6.14. The first-order valence-electron chi connectivity index (χ1n) is 6.14. The fraction of sp³-hybridized carbons (Fsp3) is 0.417. The van der Waals surface area contributed by atoms with Crippen molar-refractivity contribution in [3.8, 4) is 11.3 Å². The SMILES string of the molecule is Cc1[nH]ncc1-c1cc(N2CCCC2)nc(N)n1. The van der Waals surface area contributed by atoms with Crippen LogP contribution in [-0.2, 0) is 0 Å². The summed E-state index contributed by atoms with van der Waals surface area (Å²) in [5.74, 6) is 1.23. The van der Waals surface area contributed by atoms with Crippen molar-refractivity contribution < 1.29 is 0 Å². The molecule has 1 fully saturated rings. The maximum absolute atomic E-state index is 5.80. The molecule has 1 aliphatic heterocycles. The molecular weight excluding hydrogens is 228 g/mol. The first kappa shape index (κ1) is 11.0. The van der Waals surface area contributed by atoms with Crippen LogP contribution in [0.25, 0.3) is 11.3 Å². The summed E-state index contributed by atoms with van der Waals surface area (Å²) in [7, 11) is 0. The van der Waals surface area contributed by atoms with Crippen molar-refractivity contribution in [2.24, 2.45) is 0 Å². The molecule has 2 aromatic rings. The monoisotopic (exact) mass is 244 g/mol. The van der Waals surface area contributed by atoms with Crippen LogP contribution in [0.1, 0.15) is 18.5 Å². The van der Waals surface area contributed by atoms with Crippen molar-refractivity contribution in [1.82, 2.24) is 20.2 Å². The van der Waals surface area contributed by atoms with Gasteiger partial charge in [-0.15, -0.1) is 0 Å². The Morgan fingerprint density at radius 1 is 1.28 bits per heavy atom. The van der Waals surface area contributed by atoms with Gasteiger partial charge >= 0.3 is 0 Å². The Labute approximate surface area is 105 Å². The third-order valence-electron chi connectivity index (χ3n) is 3.27. The van der Waals surface area contributed by atoms with E-state index in [-0.39, 0.29) is 0 Å². The van der Waals surface area contributed by atoms with E-state index in [0.717, 1.165) is 35.9 Å². The van der Waals surface area contributed by atoms with Crippen LogP contribution >= 0.6 is 0 Å². The Bertz CT molecular complexity index is 555. The molecule has 3 heterocycles. The summed E-state index contributed by atoms with van der Waals surface area (Å²) in [4.78, 5) is 10.9. The zero-order valence-electron chi connectivity index (χ0n) is 10.3. The fourth-order valence-electron chi connectivity index (χ4n) is 2.31. The Kier molecular flexibility index (Phi) is 2.62. The molecule has 1 saturated heterocycles. The van der Waals surface area contributed by atoms with Crippen LogP contribution < -0.4 is 10.6 Å². The van der Waals surface area contributed by atoms with Gasteiger partial charge < -0.3 is 10.6 Å². The smallest absolute Gasteiger partial charge is 0.222 e. The molecule has 18 heavy (non-hydrogen) atoms. The maximum Gasteiger partial charge on any atom is 0.222 e. The molecule has 3 rings (SSSR count). The van der Waals surface area contributed by atoms with Gasteiger partial charge in [-0.2, -0.15) is 10.1 Å². The highest BCUT2D eigenvalue weighted by Crippen LogP contribution is 2.25. The van der Waals surface area contributed by atoms with Crippen molar-refractivity contribution in [3.05, 3.63) is 18.0 Å². The van der Waals surface area contributed by atoms with E-state index in [1.807, 2.05) is 13.0 Å². The van der Waals surface area contributed by atoms with E-state index in [1.165, 1.54) is 12.8 Å². The minimum absolute atomic E-state index is 0.315. The van der Waals surface area contributed by atoms with Gasteiger partial charge in [0.2, 0.25) is 5.95 Å². The van der Waals surface area contributed by atoms with E-state index in [9.17, 15) is 0 Å². The lowest BCUT2D eigenvalue weighted by molar-refractivity contribution is 0.932. The van der Waals surface area contributed by atoms with Gasteiger partial charge in [0.1, 0.15) is 5.82 Å². The average molecular weight is 244 g/mol. The van der Waals surface area contributed by atoms with Crippen molar-refractivity contribution in [3.63, 3.8) is 0 Å². The number of nitrogens with two attached hydrogens (primary N) is 1. The average Bonchev–Trinajstić information content (AvgIpc) is 2.98.